The summed E-state index contributed by atoms with van der Waals surface area (Å²) in [6.45, 7) is 2.22. The first-order valence-electron chi connectivity index (χ1n) is 7.57. The number of rotatable bonds is 2. The highest BCUT2D eigenvalue weighted by Gasteiger charge is 2.39. The van der Waals surface area contributed by atoms with Crippen molar-refractivity contribution in [3.05, 3.63) is 47.5 Å². The molecule has 0 N–H and O–H groups in total. The predicted octanol–water partition coefficient (Wildman–Crippen LogP) is 3.69. The molecule has 110 valence electrons. The van der Waals surface area contributed by atoms with Gasteiger partial charge >= 0.3 is 5.97 Å². The minimum Gasteiger partial charge on any atom is -0.458 e. The number of ether oxygens (including phenoxy) is 1. The topological polar surface area (TPSA) is 43.4 Å². The summed E-state index contributed by atoms with van der Waals surface area (Å²) in [5.74, 6) is -0.0653. The van der Waals surface area contributed by atoms with E-state index in [1.54, 1.807) is 18.2 Å². The van der Waals surface area contributed by atoms with Crippen LogP contribution in [0.5, 0.6) is 0 Å². The number of hydrogen-bond acceptors (Lipinski definition) is 3. The van der Waals surface area contributed by atoms with Crippen LogP contribution in [0.1, 0.15) is 49.4 Å². The Balaban J connectivity index is 1.69. The van der Waals surface area contributed by atoms with Gasteiger partial charge in [-0.25, -0.2) is 4.79 Å². The Kier molecular flexibility index (Phi) is 3.66. The van der Waals surface area contributed by atoms with Crippen molar-refractivity contribution in [3.8, 4) is 0 Å². The van der Waals surface area contributed by atoms with Gasteiger partial charge in [-0.15, -0.1) is 0 Å². The van der Waals surface area contributed by atoms with E-state index in [-0.39, 0.29) is 23.3 Å². The molecule has 0 spiro atoms. The van der Waals surface area contributed by atoms with Gasteiger partial charge in [-0.1, -0.05) is 30.7 Å². The van der Waals surface area contributed by atoms with E-state index in [9.17, 15) is 9.59 Å². The van der Waals surface area contributed by atoms with Gasteiger partial charge in [0.15, 0.2) is 5.78 Å². The first-order valence-corrected chi connectivity index (χ1v) is 7.57. The van der Waals surface area contributed by atoms with Crippen LogP contribution in [0.2, 0.25) is 0 Å². The molecule has 2 aliphatic carbocycles. The fourth-order valence-electron chi connectivity index (χ4n) is 3.31. The van der Waals surface area contributed by atoms with Crippen molar-refractivity contribution in [2.75, 3.05) is 0 Å². The van der Waals surface area contributed by atoms with E-state index in [4.69, 9.17) is 4.74 Å². The Labute approximate surface area is 125 Å². The first kappa shape index (κ1) is 14.1. The van der Waals surface area contributed by atoms with Crippen LogP contribution < -0.4 is 0 Å². The second-order valence-electron chi connectivity index (χ2n) is 6.33. The number of hydrogen-bond donors (Lipinski definition) is 0. The fraction of sp³-hybridized carbons (Fsp3) is 0.444. The molecule has 0 radical (unpaired) electrons. The molecule has 0 bridgehead atoms. The van der Waals surface area contributed by atoms with Gasteiger partial charge in [0, 0.05) is 12.8 Å². The summed E-state index contributed by atoms with van der Waals surface area (Å²) in [5, 5.41) is 0. The molecule has 0 heterocycles. The van der Waals surface area contributed by atoms with E-state index >= 15 is 0 Å². The molecule has 0 aliphatic heterocycles. The van der Waals surface area contributed by atoms with E-state index in [1.807, 2.05) is 18.2 Å². The summed E-state index contributed by atoms with van der Waals surface area (Å²) >= 11 is 0. The lowest BCUT2D eigenvalue weighted by Crippen LogP contribution is -2.35. The van der Waals surface area contributed by atoms with Gasteiger partial charge in [0.1, 0.15) is 6.10 Å². The van der Waals surface area contributed by atoms with Gasteiger partial charge in [0.05, 0.1) is 5.56 Å². The normalized spacial score (nSPS) is 28.5. The highest BCUT2D eigenvalue weighted by Crippen LogP contribution is 2.47. The molecule has 0 amide bonds. The van der Waals surface area contributed by atoms with Gasteiger partial charge in [-0.05, 0) is 42.9 Å². The maximum atomic E-state index is 12.1. The zero-order valence-electron chi connectivity index (χ0n) is 12.3. The van der Waals surface area contributed by atoms with Crippen molar-refractivity contribution in [1.29, 1.82) is 0 Å². The molecule has 0 unspecified atom stereocenters. The minimum atomic E-state index is -0.271. The largest absolute Gasteiger partial charge is 0.458 e. The number of ketones is 1. The third-order valence-electron chi connectivity index (χ3n) is 4.78. The first-order chi connectivity index (χ1) is 10.1. The Morgan fingerprint density at radius 3 is 2.76 bits per heavy atom. The zero-order valence-corrected chi connectivity index (χ0v) is 12.3. The average Bonchev–Trinajstić information content (AvgIpc) is 2.49. The van der Waals surface area contributed by atoms with Crippen LogP contribution in [0.25, 0.3) is 0 Å². The van der Waals surface area contributed by atoms with Crippen LogP contribution in [0.4, 0.5) is 0 Å². The number of carbonyl (C=O) groups is 2. The summed E-state index contributed by atoms with van der Waals surface area (Å²) in [6.07, 6.45) is 5.81. The van der Waals surface area contributed by atoms with Crippen molar-refractivity contribution in [2.24, 2.45) is 5.41 Å². The molecular formula is C18H20O3. The Hall–Kier alpha value is -1.90. The summed E-state index contributed by atoms with van der Waals surface area (Å²) in [4.78, 5) is 23.7. The van der Waals surface area contributed by atoms with E-state index < -0.39 is 0 Å². The van der Waals surface area contributed by atoms with Crippen molar-refractivity contribution in [3.63, 3.8) is 0 Å². The fourth-order valence-corrected chi connectivity index (χ4v) is 3.31. The smallest absolute Gasteiger partial charge is 0.338 e. The molecule has 1 aromatic carbocycles. The summed E-state index contributed by atoms with van der Waals surface area (Å²) < 4.78 is 5.62. The molecule has 0 aromatic heterocycles. The molecule has 2 aliphatic rings. The average molecular weight is 284 g/mol. The lowest BCUT2D eigenvalue weighted by atomic mass is 9.65. The SMILES string of the molecule is C[C@@]12CCC(=O)C=C1C[C@@H](OC(=O)c1ccccc1)CC2. The number of benzene rings is 1. The number of carbonyl (C=O) groups excluding carboxylic acids is 2. The number of allylic oxidation sites excluding steroid dienone is 1. The lowest BCUT2D eigenvalue weighted by molar-refractivity contribution is -0.116. The molecule has 2 atom stereocenters. The summed E-state index contributed by atoms with van der Waals surface area (Å²) in [7, 11) is 0. The quantitative estimate of drug-likeness (QED) is 0.778. The molecule has 3 heteroatoms. The van der Waals surface area contributed by atoms with Crippen molar-refractivity contribution < 1.29 is 14.3 Å². The number of esters is 1. The van der Waals surface area contributed by atoms with Gasteiger partial charge in [-0.3, -0.25) is 4.79 Å². The number of fused-ring (bicyclic) bond motifs is 1. The lowest BCUT2D eigenvalue weighted by Gasteiger charge is -2.41. The van der Waals surface area contributed by atoms with E-state index in [1.165, 1.54) is 0 Å². The van der Waals surface area contributed by atoms with Crippen molar-refractivity contribution in [1.82, 2.24) is 0 Å². The summed E-state index contributed by atoms with van der Waals surface area (Å²) in [6, 6.07) is 9.06. The molecule has 3 nitrogen and oxygen atoms in total. The van der Waals surface area contributed by atoms with Crippen molar-refractivity contribution in [2.45, 2.75) is 45.1 Å². The van der Waals surface area contributed by atoms with E-state index in [0.717, 1.165) is 24.8 Å². The molecule has 1 fully saturated rings. The molecule has 3 rings (SSSR count). The van der Waals surface area contributed by atoms with Crippen LogP contribution in [0.15, 0.2) is 42.0 Å². The maximum absolute atomic E-state index is 12.1. The Morgan fingerprint density at radius 2 is 2.00 bits per heavy atom. The van der Waals surface area contributed by atoms with Crippen LogP contribution in [-0.4, -0.2) is 17.9 Å². The molecule has 1 aromatic rings. The minimum absolute atomic E-state index is 0.108. The highest BCUT2D eigenvalue weighted by molar-refractivity contribution is 5.92. The van der Waals surface area contributed by atoms with Gasteiger partial charge < -0.3 is 4.74 Å². The molecule has 21 heavy (non-hydrogen) atoms. The van der Waals surface area contributed by atoms with E-state index in [0.29, 0.717) is 18.4 Å². The third-order valence-corrected chi connectivity index (χ3v) is 4.78. The Morgan fingerprint density at radius 1 is 1.24 bits per heavy atom. The second-order valence-corrected chi connectivity index (χ2v) is 6.33. The second kappa shape index (κ2) is 5.47. The van der Waals surface area contributed by atoms with Crippen LogP contribution in [-0.2, 0) is 9.53 Å². The van der Waals surface area contributed by atoms with E-state index in [2.05, 4.69) is 6.92 Å². The zero-order chi connectivity index (χ0) is 14.9. The van der Waals surface area contributed by atoms with Crippen molar-refractivity contribution >= 4 is 11.8 Å². The predicted molar refractivity (Wildman–Crippen MR) is 79.9 cm³/mol. The van der Waals surface area contributed by atoms with Crippen LogP contribution in [0, 0.1) is 5.41 Å². The van der Waals surface area contributed by atoms with Gasteiger partial charge in [-0.2, -0.15) is 0 Å². The van der Waals surface area contributed by atoms with Gasteiger partial charge in [0.2, 0.25) is 0 Å². The maximum Gasteiger partial charge on any atom is 0.338 e. The Bertz CT molecular complexity index is 588. The van der Waals surface area contributed by atoms with Crippen LogP contribution in [0.3, 0.4) is 0 Å². The van der Waals surface area contributed by atoms with Crippen LogP contribution >= 0.6 is 0 Å². The molecule has 0 saturated heterocycles. The van der Waals surface area contributed by atoms with Gasteiger partial charge in [0.25, 0.3) is 0 Å². The third kappa shape index (κ3) is 2.92. The monoisotopic (exact) mass is 284 g/mol. The standard InChI is InChI=1S/C18H20O3/c1-18-9-7-15(19)11-14(18)12-16(8-10-18)21-17(20)13-5-3-2-4-6-13/h2-6,11,16H,7-10,12H2,1H3/t16-,18-/m0/s1. The molecule has 1 saturated carbocycles. The summed E-state index contributed by atoms with van der Waals surface area (Å²) in [5.41, 5.74) is 1.87. The molecular weight excluding hydrogens is 264 g/mol. The highest BCUT2D eigenvalue weighted by atomic mass is 16.5.